The van der Waals surface area contributed by atoms with E-state index >= 15 is 0 Å². The zero-order valence-corrected chi connectivity index (χ0v) is 15.7. The molecule has 3 N–H and O–H groups in total. The van der Waals surface area contributed by atoms with Gasteiger partial charge in [-0.05, 0) is 31.0 Å². The van der Waals surface area contributed by atoms with Crippen LogP contribution in [0.25, 0.3) is 21.8 Å². The minimum Gasteiger partial charge on any atom is -0.461 e. The van der Waals surface area contributed by atoms with E-state index in [0.717, 1.165) is 16.8 Å². The van der Waals surface area contributed by atoms with E-state index in [2.05, 4.69) is 21.4 Å². The summed E-state index contributed by atoms with van der Waals surface area (Å²) in [6.45, 7) is 4.88. The van der Waals surface area contributed by atoms with Gasteiger partial charge in [0.25, 0.3) is 0 Å². The minimum atomic E-state index is 0.515. The highest BCUT2D eigenvalue weighted by Gasteiger charge is 2.15. The average Bonchev–Trinajstić information content (AvgIpc) is 3.32. The van der Waals surface area contributed by atoms with Crippen LogP contribution in [0.2, 0.25) is 0 Å². The molecule has 4 rings (SSSR count). The third-order valence-electron chi connectivity index (χ3n) is 4.38. The molecule has 3 aromatic heterocycles. The van der Waals surface area contributed by atoms with Crippen LogP contribution < -0.4 is 11.1 Å². The summed E-state index contributed by atoms with van der Waals surface area (Å²) in [5.74, 6) is 1.71. The van der Waals surface area contributed by atoms with Crippen molar-refractivity contribution in [1.29, 1.82) is 0 Å². The van der Waals surface area contributed by atoms with Crippen LogP contribution in [0.5, 0.6) is 0 Å². The second-order valence-electron chi connectivity index (χ2n) is 6.06. The van der Waals surface area contributed by atoms with E-state index in [0.29, 0.717) is 23.4 Å². The molecule has 3 heterocycles. The molecule has 0 bridgehead atoms. The number of rotatable bonds is 4. The van der Waals surface area contributed by atoms with Crippen LogP contribution >= 0.6 is 11.3 Å². The summed E-state index contributed by atoms with van der Waals surface area (Å²) in [7, 11) is 0. The predicted molar refractivity (Wildman–Crippen MR) is 105 cm³/mol. The van der Waals surface area contributed by atoms with Gasteiger partial charge in [0.2, 0.25) is 0 Å². The van der Waals surface area contributed by atoms with Gasteiger partial charge in [0.1, 0.15) is 10.6 Å². The number of thiophene rings is 1. The number of nitrogens with zero attached hydrogens (tertiary/aromatic N) is 2. The first-order valence-corrected chi connectivity index (χ1v) is 9.94. The lowest BCUT2D eigenvalue weighted by Gasteiger charge is -2.22. The first-order valence-electron chi connectivity index (χ1n) is 9.13. The Hall–Kier alpha value is -1.92. The number of hydrogen-bond donors (Lipinski definition) is 2. The number of fused-ring (bicyclic) bond motifs is 1. The first kappa shape index (κ1) is 17.9. The maximum Gasteiger partial charge on any atom is 0.199 e. The average molecular weight is 359 g/mol. The number of nitrogens with two attached hydrogens (primary N) is 1. The fraction of sp³-hybridized carbons (Fsp3) is 0.474. The van der Waals surface area contributed by atoms with Crippen LogP contribution in [0.3, 0.4) is 0 Å². The van der Waals surface area contributed by atoms with Crippen molar-refractivity contribution in [2.45, 2.75) is 58.5 Å². The Labute approximate surface area is 152 Å². The lowest BCUT2D eigenvalue weighted by molar-refractivity contribution is 0.373. The van der Waals surface area contributed by atoms with Crippen molar-refractivity contribution >= 4 is 27.4 Å². The molecule has 134 valence electrons. The van der Waals surface area contributed by atoms with Crippen molar-refractivity contribution in [2.24, 2.45) is 0 Å². The normalized spacial score (nSPS) is 15.1. The highest BCUT2D eigenvalue weighted by atomic mass is 32.1. The largest absolute Gasteiger partial charge is 0.461 e. The molecule has 0 unspecified atom stereocenters. The van der Waals surface area contributed by atoms with Crippen LogP contribution in [-0.2, 0) is 6.54 Å². The van der Waals surface area contributed by atoms with E-state index in [1.807, 2.05) is 26.0 Å². The lowest BCUT2D eigenvalue weighted by atomic mass is 9.95. The van der Waals surface area contributed by atoms with Crippen LogP contribution in [-0.4, -0.2) is 16.0 Å². The molecule has 1 saturated carbocycles. The maximum atomic E-state index is 6.11. The van der Waals surface area contributed by atoms with Gasteiger partial charge in [-0.25, -0.2) is 9.97 Å². The third kappa shape index (κ3) is 4.19. The molecule has 0 spiro atoms. The Morgan fingerprint density at radius 3 is 2.76 bits per heavy atom. The molecule has 0 radical (unpaired) electrons. The number of aromatic nitrogens is 2. The first-order chi connectivity index (χ1) is 12.3. The van der Waals surface area contributed by atoms with Crippen LogP contribution in [0.15, 0.2) is 28.9 Å². The fourth-order valence-electron chi connectivity index (χ4n) is 3.15. The number of anilines is 1. The summed E-state index contributed by atoms with van der Waals surface area (Å²) in [6.07, 6.45) is 8.25. The Bertz CT molecular complexity index is 791. The Balaban J connectivity index is 0.000000880. The van der Waals surface area contributed by atoms with Crippen molar-refractivity contribution in [3.8, 4) is 11.6 Å². The monoisotopic (exact) mass is 358 g/mol. The molecular weight excluding hydrogens is 332 g/mol. The molecular formula is C19H26N4OS. The molecule has 0 amide bonds. The standard InChI is InChI=1S/C17H20N4OS.C2H6/c18-15-13-9-12(10-19-11-5-2-1-3-6-11)23-17(13)21-16(20-15)14-7-4-8-22-14;1-2/h4,7-9,11,19H,1-3,5-6,10H2,(H2,18,20,21);1-2H3. The maximum absolute atomic E-state index is 6.11. The second-order valence-corrected chi connectivity index (χ2v) is 7.17. The van der Waals surface area contributed by atoms with Crippen LogP contribution in [0.4, 0.5) is 5.82 Å². The number of furan rings is 1. The summed E-state index contributed by atoms with van der Waals surface area (Å²) in [6, 6.07) is 6.43. The van der Waals surface area contributed by atoms with Crippen molar-refractivity contribution in [3.63, 3.8) is 0 Å². The van der Waals surface area contributed by atoms with E-state index in [4.69, 9.17) is 10.2 Å². The number of nitrogen functional groups attached to an aromatic ring is 1. The Morgan fingerprint density at radius 1 is 1.24 bits per heavy atom. The Morgan fingerprint density at radius 2 is 2.04 bits per heavy atom. The highest BCUT2D eigenvalue weighted by Crippen LogP contribution is 2.30. The van der Waals surface area contributed by atoms with E-state index in [9.17, 15) is 0 Å². The van der Waals surface area contributed by atoms with Crippen molar-refractivity contribution < 1.29 is 4.42 Å². The summed E-state index contributed by atoms with van der Waals surface area (Å²) in [5.41, 5.74) is 6.11. The molecule has 0 aromatic carbocycles. The molecule has 1 aliphatic carbocycles. The van der Waals surface area contributed by atoms with Crippen molar-refractivity contribution in [1.82, 2.24) is 15.3 Å². The molecule has 1 aliphatic rings. The van der Waals surface area contributed by atoms with E-state index < -0.39 is 0 Å². The van der Waals surface area contributed by atoms with Gasteiger partial charge in [-0.15, -0.1) is 11.3 Å². The van der Waals surface area contributed by atoms with Gasteiger partial charge in [0.15, 0.2) is 11.6 Å². The summed E-state index contributed by atoms with van der Waals surface area (Å²) < 4.78 is 5.37. The summed E-state index contributed by atoms with van der Waals surface area (Å²) >= 11 is 1.68. The van der Waals surface area contributed by atoms with Gasteiger partial charge in [0, 0.05) is 17.5 Å². The minimum absolute atomic E-state index is 0.515. The molecule has 0 saturated heterocycles. The highest BCUT2D eigenvalue weighted by molar-refractivity contribution is 7.18. The van der Waals surface area contributed by atoms with Crippen LogP contribution in [0, 0.1) is 0 Å². The summed E-state index contributed by atoms with van der Waals surface area (Å²) in [4.78, 5) is 11.1. The molecule has 0 aliphatic heterocycles. The van der Waals surface area contributed by atoms with Gasteiger partial charge >= 0.3 is 0 Å². The SMILES string of the molecule is CC.Nc1nc(-c2ccco2)nc2sc(CNC3CCCCC3)cc12. The van der Waals surface area contributed by atoms with Crippen LogP contribution in [0.1, 0.15) is 50.8 Å². The van der Waals surface area contributed by atoms with Gasteiger partial charge in [-0.3, -0.25) is 0 Å². The Kier molecular flexibility index (Phi) is 6.04. The van der Waals surface area contributed by atoms with Crippen molar-refractivity contribution in [2.75, 3.05) is 5.73 Å². The topological polar surface area (TPSA) is 77.0 Å². The number of hydrogen-bond acceptors (Lipinski definition) is 6. The van der Waals surface area contributed by atoms with Gasteiger partial charge < -0.3 is 15.5 Å². The number of nitrogens with one attached hydrogen (secondary N) is 1. The van der Waals surface area contributed by atoms with E-state index in [-0.39, 0.29) is 0 Å². The molecule has 25 heavy (non-hydrogen) atoms. The molecule has 5 nitrogen and oxygen atoms in total. The van der Waals surface area contributed by atoms with Gasteiger partial charge in [0.05, 0.1) is 11.6 Å². The smallest absolute Gasteiger partial charge is 0.199 e. The zero-order chi connectivity index (χ0) is 17.6. The quantitative estimate of drug-likeness (QED) is 0.687. The molecule has 0 atom stereocenters. The molecule has 1 fully saturated rings. The lowest BCUT2D eigenvalue weighted by Crippen LogP contribution is -2.30. The van der Waals surface area contributed by atoms with E-state index in [1.54, 1.807) is 17.6 Å². The van der Waals surface area contributed by atoms with Gasteiger partial charge in [-0.1, -0.05) is 33.1 Å². The fourth-order valence-corrected chi connectivity index (χ4v) is 4.13. The third-order valence-corrected chi connectivity index (χ3v) is 5.41. The molecule has 3 aromatic rings. The zero-order valence-electron chi connectivity index (χ0n) is 14.9. The predicted octanol–water partition coefficient (Wildman–Crippen LogP) is 4.98. The van der Waals surface area contributed by atoms with Gasteiger partial charge in [-0.2, -0.15) is 0 Å². The van der Waals surface area contributed by atoms with E-state index in [1.165, 1.54) is 37.0 Å². The summed E-state index contributed by atoms with van der Waals surface area (Å²) in [5, 5.41) is 4.60. The second kappa shape index (κ2) is 8.45. The molecule has 6 heteroatoms. The van der Waals surface area contributed by atoms with Crippen molar-refractivity contribution in [3.05, 3.63) is 29.3 Å².